The third-order valence-corrected chi connectivity index (χ3v) is 6.67. The Morgan fingerprint density at radius 2 is 1.94 bits per heavy atom. The van der Waals surface area contributed by atoms with Gasteiger partial charge < -0.3 is 14.6 Å². The van der Waals surface area contributed by atoms with Crippen LogP contribution in [0.1, 0.15) is 12.0 Å². The van der Waals surface area contributed by atoms with E-state index in [1.165, 1.54) is 6.07 Å². The maximum Gasteiger partial charge on any atom is 0.264 e. The topological polar surface area (TPSA) is 113 Å². The molecule has 0 saturated heterocycles. The molecule has 1 N–H and O–H groups in total. The first-order valence-electron chi connectivity index (χ1n) is 10.9. The fraction of sp³-hybridized carbons (Fsp3) is 0.391. The molecule has 0 aliphatic rings. The number of hydrogen-bond acceptors (Lipinski definition) is 8. The Kier molecular flexibility index (Phi) is 9.22. The van der Waals surface area contributed by atoms with Gasteiger partial charge in [-0.05, 0) is 42.6 Å². The minimum atomic E-state index is -3.46. The Hall–Kier alpha value is -2.73. The molecule has 9 nitrogen and oxygen atoms in total. The summed E-state index contributed by atoms with van der Waals surface area (Å²) in [6.45, 7) is 5.71. The van der Waals surface area contributed by atoms with E-state index in [0.29, 0.717) is 36.8 Å². The van der Waals surface area contributed by atoms with Gasteiger partial charge in [-0.3, -0.25) is 4.18 Å². The van der Waals surface area contributed by atoms with Crippen molar-refractivity contribution in [3.05, 3.63) is 54.4 Å². The van der Waals surface area contributed by atoms with Crippen LogP contribution in [0.2, 0.25) is 19.1 Å². The number of rotatable bonds is 13. The van der Waals surface area contributed by atoms with Gasteiger partial charge in [0.15, 0.2) is 0 Å². The van der Waals surface area contributed by atoms with Gasteiger partial charge in [0.1, 0.15) is 18.2 Å². The molecule has 0 bridgehead atoms. The predicted octanol–water partition coefficient (Wildman–Crippen LogP) is 4.08. The average molecular weight is 505 g/mol. The molecule has 0 spiro atoms. The minimum Gasteiger partial charge on any atom is -0.508 e. The highest BCUT2D eigenvalue weighted by molar-refractivity contribution is 7.85. The number of hydrogen-bond donors (Lipinski definition) is 1. The Bertz CT molecular complexity index is 1170. The molecule has 2 heterocycles. The van der Waals surface area contributed by atoms with Crippen molar-refractivity contribution in [2.24, 2.45) is 0 Å². The molecular weight excluding hydrogens is 474 g/mol. The number of ether oxygens (including phenoxy) is 2. The highest BCUT2D eigenvalue weighted by Gasteiger charge is 2.09. The first-order valence-corrected chi connectivity index (χ1v) is 15.4. The molecule has 3 rings (SSSR count). The van der Waals surface area contributed by atoms with Crippen LogP contribution in [0.15, 0.2) is 48.8 Å². The van der Waals surface area contributed by atoms with Crippen LogP contribution in [-0.4, -0.2) is 56.6 Å². The van der Waals surface area contributed by atoms with Crippen molar-refractivity contribution in [2.75, 3.05) is 19.5 Å². The van der Waals surface area contributed by atoms with Crippen molar-refractivity contribution < 1.29 is 27.2 Å². The molecule has 34 heavy (non-hydrogen) atoms. The van der Waals surface area contributed by atoms with Crippen LogP contribution in [0.4, 0.5) is 0 Å². The molecule has 0 atom stereocenters. The van der Waals surface area contributed by atoms with E-state index in [0.717, 1.165) is 30.2 Å². The molecule has 1 radical (unpaired) electrons. The fourth-order valence-electron chi connectivity index (χ4n) is 3.11. The highest BCUT2D eigenvalue weighted by Crippen LogP contribution is 2.28. The average Bonchev–Trinajstić information content (AvgIpc) is 3.24. The van der Waals surface area contributed by atoms with Gasteiger partial charge in [0.2, 0.25) is 5.88 Å². The quantitative estimate of drug-likeness (QED) is 0.210. The van der Waals surface area contributed by atoms with Crippen molar-refractivity contribution in [3.63, 3.8) is 0 Å². The zero-order valence-electron chi connectivity index (χ0n) is 19.6. The van der Waals surface area contributed by atoms with E-state index >= 15 is 0 Å². The second kappa shape index (κ2) is 12.1. The normalized spacial score (nSPS) is 11.8. The Morgan fingerprint density at radius 1 is 1.12 bits per heavy atom. The van der Waals surface area contributed by atoms with Gasteiger partial charge in [0, 0.05) is 45.5 Å². The van der Waals surface area contributed by atoms with Crippen LogP contribution >= 0.6 is 0 Å². The number of benzene rings is 1. The number of nitrogens with zero attached hydrogens (tertiary/aromatic N) is 3. The summed E-state index contributed by atoms with van der Waals surface area (Å²) in [7, 11) is -3.76. The summed E-state index contributed by atoms with van der Waals surface area (Å²) in [4.78, 5) is 4.37. The lowest BCUT2D eigenvalue weighted by Crippen LogP contribution is -2.10. The maximum absolute atomic E-state index is 11.0. The second-order valence-electron chi connectivity index (χ2n) is 8.12. The molecule has 3 aromatic rings. The van der Waals surface area contributed by atoms with E-state index in [1.54, 1.807) is 35.3 Å². The van der Waals surface area contributed by atoms with E-state index in [2.05, 4.69) is 23.2 Å². The molecule has 0 fully saturated rings. The number of pyridine rings is 1. The smallest absolute Gasteiger partial charge is 0.264 e. The summed E-state index contributed by atoms with van der Waals surface area (Å²) >= 11 is 0. The van der Waals surface area contributed by atoms with Crippen molar-refractivity contribution in [1.82, 2.24) is 14.8 Å². The first kappa shape index (κ1) is 25.9. The highest BCUT2D eigenvalue weighted by atomic mass is 32.2. The van der Waals surface area contributed by atoms with E-state index in [1.807, 2.05) is 12.1 Å². The van der Waals surface area contributed by atoms with Gasteiger partial charge in [-0.15, -0.1) is 0 Å². The third-order valence-electron chi connectivity index (χ3n) is 4.88. The SMILES string of the molecule is C[Si](C)CCOCn1nccc1-c1ccc(Oc2ccc(CCCOS(C)(=O)=O)c(O)c2)nc1. The van der Waals surface area contributed by atoms with Crippen LogP contribution < -0.4 is 4.74 Å². The molecule has 0 unspecified atom stereocenters. The van der Waals surface area contributed by atoms with Gasteiger partial charge in [-0.25, -0.2) is 9.67 Å². The standard InChI is InChI=1S/C23H30N3O6SSi/c1-33(28,29)31-12-4-5-18-6-8-20(15-22(18)27)32-23-9-7-19(16-24-23)21-10-11-25-26(21)17-30-13-14-34(2)3/h6-11,15-16,27H,4-5,12-14,17H2,1-3H3. The largest absolute Gasteiger partial charge is 0.508 e. The summed E-state index contributed by atoms with van der Waals surface area (Å²) in [6, 6.07) is 11.6. The molecule has 0 saturated carbocycles. The zero-order chi connectivity index (χ0) is 24.6. The van der Waals surface area contributed by atoms with Crippen LogP contribution in [0.3, 0.4) is 0 Å². The lowest BCUT2D eigenvalue weighted by Gasteiger charge is -2.11. The molecule has 1 aromatic carbocycles. The Morgan fingerprint density at radius 3 is 2.62 bits per heavy atom. The summed E-state index contributed by atoms with van der Waals surface area (Å²) in [6.07, 6.45) is 5.39. The van der Waals surface area contributed by atoms with Gasteiger partial charge in [0.05, 0.1) is 18.6 Å². The summed E-state index contributed by atoms with van der Waals surface area (Å²) < 4.78 is 40.0. The van der Waals surface area contributed by atoms with Gasteiger partial charge in [-0.2, -0.15) is 13.5 Å². The molecular formula is C23H30N3O6SSi. The van der Waals surface area contributed by atoms with Crippen molar-refractivity contribution in [3.8, 4) is 28.6 Å². The van der Waals surface area contributed by atoms with Crippen LogP contribution in [0.25, 0.3) is 11.3 Å². The van der Waals surface area contributed by atoms with Crippen LogP contribution in [-0.2, 0) is 32.2 Å². The number of phenols is 1. The number of aryl methyl sites for hydroxylation is 1. The monoisotopic (exact) mass is 504 g/mol. The first-order chi connectivity index (χ1) is 16.2. The van der Waals surface area contributed by atoms with Crippen molar-refractivity contribution >= 4 is 18.9 Å². The number of aromatic nitrogens is 3. The van der Waals surface area contributed by atoms with Crippen LogP contribution in [0.5, 0.6) is 17.4 Å². The summed E-state index contributed by atoms with van der Waals surface area (Å²) in [5.74, 6) is 0.900. The molecule has 183 valence electrons. The Balaban J connectivity index is 1.56. The number of aromatic hydroxyl groups is 1. The van der Waals surface area contributed by atoms with Crippen LogP contribution in [0, 0.1) is 0 Å². The Labute approximate surface area is 202 Å². The fourth-order valence-corrected chi connectivity index (χ4v) is 4.09. The lowest BCUT2D eigenvalue weighted by atomic mass is 10.1. The number of phenolic OH excluding ortho intramolecular Hbond substituents is 1. The van der Waals surface area contributed by atoms with Gasteiger partial charge >= 0.3 is 0 Å². The molecule has 2 aromatic heterocycles. The molecule has 0 aliphatic carbocycles. The minimum absolute atomic E-state index is 0.0664. The third kappa shape index (κ3) is 8.24. The lowest BCUT2D eigenvalue weighted by molar-refractivity contribution is 0.0801. The second-order valence-corrected chi connectivity index (χ2v) is 12.7. The van der Waals surface area contributed by atoms with E-state index < -0.39 is 10.1 Å². The molecule has 0 aliphatic heterocycles. The predicted molar refractivity (Wildman–Crippen MR) is 131 cm³/mol. The molecule has 0 amide bonds. The maximum atomic E-state index is 11.0. The summed E-state index contributed by atoms with van der Waals surface area (Å²) in [5.41, 5.74) is 2.47. The van der Waals surface area contributed by atoms with E-state index in [4.69, 9.17) is 13.7 Å². The molecule has 11 heteroatoms. The summed E-state index contributed by atoms with van der Waals surface area (Å²) in [5, 5.41) is 14.6. The van der Waals surface area contributed by atoms with Crippen molar-refractivity contribution in [1.29, 1.82) is 0 Å². The van der Waals surface area contributed by atoms with E-state index in [-0.39, 0.29) is 21.2 Å². The van der Waals surface area contributed by atoms with E-state index in [9.17, 15) is 13.5 Å². The van der Waals surface area contributed by atoms with Crippen molar-refractivity contribution in [2.45, 2.75) is 38.7 Å². The zero-order valence-corrected chi connectivity index (χ0v) is 21.4. The van der Waals surface area contributed by atoms with Gasteiger partial charge in [-0.1, -0.05) is 19.2 Å². The van der Waals surface area contributed by atoms with Gasteiger partial charge in [0.25, 0.3) is 10.1 Å².